The van der Waals surface area contributed by atoms with E-state index in [4.69, 9.17) is 35.9 Å². The quantitative estimate of drug-likeness (QED) is 0.130. The minimum atomic E-state index is -4.38. The first-order chi connectivity index (χ1) is 20.9. The zero-order valence-electron chi connectivity index (χ0n) is 25.1. The number of rotatable bonds is 14. The van der Waals surface area contributed by atoms with Crippen molar-refractivity contribution < 1.29 is 37.4 Å². The first-order valence-electron chi connectivity index (χ1n) is 14.1. The summed E-state index contributed by atoms with van der Waals surface area (Å²) in [6.45, 7) is 9.17. The Labute approximate surface area is 259 Å². The van der Waals surface area contributed by atoms with Gasteiger partial charge in [0, 0.05) is 13.1 Å². The van der Waals surface area contributed by atoms with Crippen molar-refractivity contribution in [1.82, 2.24) is 24.6 Å². The highest BCUT2D eigenvalue weighted by Gasteiger charge is 2.57. The number of fused-ring (bicyclic) bond motifs is 1. The van der Waals surface area contributed by atoms with Gasteiger partial charge < -0.3 is 29.7 Å². The van der Waals surface area contributed by atoms with Gasteiger partial charge in [-0.1, -0.05) is 18.2 Å². The van der Waals surface area contributed by atoms with Gasteiger partial charge in [0.15, 0.2) is 29.4 Å². The van der Waals surface area contributed by atoms with E-state index in [-0.39, 0.29) is 17.3 Å². The Morgan fingerprint density at radius 2 is 1.95 bits per heavy atom. The van der Waals surface area contributed by atoms with E-state index in [1.165, 1.54) is 30.0 Å². The first-order valence-corrected chi connectivity index (χ1v) is 16.2. The number of anilines is 2. The minimum absolute atomic E-state index is 0.0581. The lowest BCUT2D eigenvalue weighted by Crippen LogP contribution is -2.48. The van der Waals surface area contributed by atoms with Gasteiger partial charge in [0.1, 0.15) is 23.5 Å². The van der Waals surface area contributed by atoms with Crippen LogP contribution < -0.4 is 20.2 Å². The van der Waals surface area contributed by atoms with Crippen LogP contribution in [0, 0.1) is 0 Å². The van der Waals surface area contributed by atoms with Crippen LogP contribution in [0.2, 0.25) is 0 Å². The van der Waals surface area contributed by atoms with Gasteiger partial charge in [0.2, 0.25) is 5.95 Å². The van der Waals surface area contributed by atoms with Crippen molar-refractivity contribution in [3.05, 3.63) is 36.7 Å². The number of hydrogen-bond donors (Lipinski definition) is 3. The molecule has 1 aliphatic heterocycles. The second kappa shape index (κ2) is 13.9. The van der Waals surface area contributed by atoms with Crippen molar-refractivity contribution >= 4 is 48.2 Å². The van der Waals surface area contributed by atoms with Crippen LogP contribution >= 0.6 is 19.3 Å². The number of carbonyl (C=O) groups excluding carboxylic acids is 1. The van der Waals surface area contributed by atoms with E-state index in [1.807, 2.05) is 18.7 Å². The summed E-state index contributed by atoms with van der Waals surface area (Å²) >= 11 is 6.27. The molecule has 0 unspecified atom stereocenters. The highest BCUT2D eigenvalue weighted by Crippen LogP contribution is 2.49. The Balaban J connectivity index is 1.63. The third kappa shape index (κ3) is 7.08. The Hall–Kier alpha value is -3.07. The van der Waals surface area contributed by atoms with Crippen molar-refractivity contribution in [3.63, 3.8) is 0 Å². The molecule has 2 aromatic heterocycles. The first kappa shape index (κ1) is 33.8. The molecule has 6 atom stereocenters. The van der Waals surface area contributed by atoms with Crippen molar-refractivity contribution in [2.24, 2.45) is 0 Å². The van der Waals surface area contributed by atoms with Crippen molar-refractivity contribution in [2.45, 2.75) is 70.9 Å². The molecule has 1 fully saturated rings. The number of para-hydroxylation sites is 1. The number of aliphatic hydroxyl groups excluding tert-OH is 1. The topological polar surface area (TPSA) is 176 Å². The maximum atomic E-state index is 15.9. The van der Waals surface area contributed by atoms with Crippen LogP contribution in [0.4, 0.5) is 16.2 Å². The fraction of sp³-hybridized carbons (Fsp3) is 0.556. The summed E-state index contributed by atoms with van der Waals surface area (Å²) in [5, 5.41) is 13.6. The maximum Gasteiger partial charge on any atom is 0.459 e. The van der Waals surface area contributed by atoms with Crippen LogP contribution in [0.15, 0.2) is 36.7 Å². The molecule has 0 bridgehead atoms. The number of esters is 1. The molecule has 242 valence electrons. The number of carbonyl (C=O) groups is 1. The molecule has 44 heavy (non-hydrogen) atoms. The molecule has 4 rings (SSSR count). The summed E-state index contributed by atoms with van der Waals surface area (Å²) in [5.41, 5.74) is 4.63. The number of aliphatic hydroxyl groups is 1. The van der Waals surface area contributed by atoms with E-state index in [0.717, 1.165) is 0 Å². The smallest absolute Gasteiger partial charge is 0.459 e. The van der Waals surface area contributed by atoms with Crippen molar-refractivity contribution in [1.29, 1.82) is 0 Å². The van der Waals surface area contributed by atoms with Gasteiger partial charge in [-0.3, -0.25) is 13.9 Å². The van der Waals surface area contributed by atoms with Crippen LogP contribution in [0.3, 0.4) is 0 Å². The van der Waals surface area contributed by atoms with Gasteiger partial charge in [-0.05, 0) is 46.8 Å². The van der Waals surface area contributed by atoms with Gasteiger partial charge >= 0.3 is 13.7 Å². The number of benzene rings is 1. The predicted octanol–water partition coefficient (Wildman–Crippen LogP) is 3.59. The number of hydrogen-bond acceptors (Lipinski definition) is 12. The molecular weight excluding hydrogens is 620 g/mol. The van der Waals surface area contributed by atoms with Crippen LogP contribution in [-0.4, -0.2) is 86.2 Å². The Morgan fingerprint density at radius 1 is 1.27 bits per heavy atom. The average molecular weight is 658 g/mol. The molecule has 1 saturated heterocycles. The fourth-order valence-electron chi connectivity index (χ4n) is 4.68. The van der Waals surface area contributed by atoms with Crippen molar-refractivity contribution in [3.8, 4) is 5.75 Å². The number of halogens is 2. The van der Waals surface area contributed by atoms with E-state index in [0.29, 0.717) is 24.4 Å². The Bertz CT molecular complexity index is 1480. The molecule has 17 heteroatoms. The molecule has 0 radical (unpaired) electrons. The number of nitrogens with two attached hydrogens (primary N) is 1. The number of imidazole rings is 1. The highest BCUT2D eigenvalue weighted by molar-refractivity contribution is 7.52. The molecule has 4 N–H and O–H groups in total. The number of nitrogens with one attached hydrogen (secondary N) is 1. The van der Waals surface area contributed by atoms with E-state index in [9.17, 15) is 14.5 Å². The maximum absolute atomic E-state index is 15.9. The summed E-state index contributed by atoms with van der Waals surface area (Å²) in [5.74, 6) is -0.598. The molecule has 1 aromatic carbocycles. The molecule has 14 nitrogen and oxygen atoms in total. The molecular formula is C27H38ClFN7O7P. The SMILES string of the molecule is CCN(CC)c1nc(N)nc2c1ncn2[C@@H]1O[C@](CCl)(CO[P@@](=O)(N[C@@H](C)C(=O)OC(C)C)Oc2ccccc2)[C@@H](O)[C@H]1F. The molecule has 3 heterocycles. The van der Waals surface area contributed by atoms with Crippen LogP contribution in [0.5, 0.6) is 5.75 Å². The second-order valence-corrected chi connectivity index (χ2v) is 12.5. The van der Waals surface area contributed by atoms with Gasteiger partial charge in [0.25, 0.3) is 0 Å². The van der Waals surface area contributed by atoms with Crippen molar-refractivity contribution in [2.75, 3.05) is 36.2 Å². The molecule has 0 saturated carbocycles. The van der Waals surface area contributed by atoms with Crippen LogP contribution in [0.25, 0.3) is 11.2 Å². The number of nitrogen functional groups attached to an aromatic ring is 1. The number of alkyl halides is 2. The minimum Gasteiger partial charge on any atom is -0.462 e. The van der Waals surface area contributed by atoms with Gasteiger partial charge in [-0.25, -0.2) is 13.9 Å². The van der Waals surface area contributed by atoms with Crippen LogP contribution in [0.1, 0.15) is 40.8 Å². The standard InChI is InChI=1S/C27H38ClFN7O7P/c1-6-35(7-2)22-20-23(33-26(30)32-22)36(15-31-20)24-19(29)21(37)27(13-28,42-24)14-40-44(39,43-18-11-9-8-10-12-18)34-17(5)25(38)41-16(3)4/h8-12,15-17,19,21,24,37H,6-7,13-14H2,1-5H3,(H,34,39)(H2,30,32,33)/t17-,19+,21-,24+,27+,44-/m0/s1. The molecule has 0 amide bonds. The summed E-state index contributed by atoms with van der Waals surface area (Å²) < 4.78 is 53.7. The van der Waals surface area contributed by atoms with E-state index < -0.39 is 62.5 Å². The zero-order chi connectivity index (χ0) is 32.2. The fourth-order valence-corrected chi connectivity index (χ4v) is 6.52. The molecule has 0 aliphatic carbocycles. The normalized spacial score (nSPS) is 23.9. The number of aromatic nitrogens is 4. The summed E-state index contributed by atoms with van der Waals surface area (Å²) in [7, 11) is -4.38. The lowest BCUT2D eigenvalue weighted by atomic mass is 9.99. The van der Waals surface area contributed by atoms with E-state index >= 15 is 4.39 Å². The number of nitrogens with zero attached hydrogens (tertiary/aromatic N) is 5. The summed E-state index contributed by atoms with van der Waals surface area (Å²) in [4.78, 5) is 27.4. The van der Waals surface area contributed by atoms with E-state index in [1.54, 1.807) is 32.0 Å². The average Bonchev–Trinajstić information content (AvgIpc) is 3.51. The zero-order valence-corrected chi connectivity index (χ0v) is 26.7. The third-order valence-electron chi connectivity index (χ3n) is 6.96. The molecule has 1 aliphatic rings. The van der Waals surface area contributed by atoms with Gasteiger partial charge in [-0.2, -0.15) is 15.1 Å². The van der Waals surface area contributed by atoms with Gasteiger partial charge in [0.05, 0.1) is 24.9 Å². The summed E-state index contributed by atoms with van der Waals surface area (Å²) in [6, 6.07) is 6.96. The Morgan fingerprint density at radius 3 is 2.57 bits per heavy atom. The molecule has 3 aromatic rings. The van der Waals surface area contributed by atoms with Gasteiger partial charge in [-0.15, -0.1) is 11.6 Å². The monoisotopic (exact) mass is 657 g/mol. The second-order valence-electron chi connectivity index (χ2n) is 10.5. The Kier molecular flexibility index (Phi) is 10.7. The lowest BCUT2D eigenvalue weighted by molar-refractivity contribution is -0.149. The summed E-state index contributed by atoms with van der Waals surface area (Å²) in [6.07, 6.45) is -4.44. The largest absolute Gasteiger partial charge is 0.462 e. The van der Waals surface area contributed by atoms with E-state index in [2.05, 4.69) is 20.0 Å². The molecule has 0 spiro atoms. The highest BCUT2D eigenvalue weighted by atomic mass is 35.5. The number of ether oxygens (including phenoxy) is 2. The third-order valence-corrected chi connectivity index (χ3v) is 9.03. The predicted molar refractivity (Wildman–Crippen MR) is 162 cm³/mol. The van der Waals surface area contributed by atoms with Crippen LogP contribution in [-0.2, 0) is 23.4 Å². The lowest BCUT2D eigenvalue weighted by Gasteiger charge is -2.31.